The number of carboxylic acids is 1. The first-order valence-corrected chi connectivity index (χ1v) is 48.4. The van der Waals surface area contributed by atoms with E-state index in [1.54, 1.807) is 27.7 Å². The van der Waals surface area contributed by atoms with Crippen molar-refractivity contribution in [2.45, 2.75) is 437 Å². The predicted molar refractivity (Wildman–Crippen MR) is 458 cm³/mol. The van der Waals surface area contributed by atoms with Crippen molar-refractivity contribution < 1.29 is 227 Å². The Kier molecular flexibility index (Phi) is 35.8. The highest BCUT2D eigenvalue weighted by Crippen LogP contribution is 2.76. The van der Waals surface area contributed by atoms with Gasteiger partial charge in [-0.15, -0.1) is 0 Å². The Balaban J connectivity index is 0.748. The predicted octanol–water partition coefficient (Wildman–Crippen LogP) is -5.69. The Morgan fingerprint density at radius 1 is 0.471 bits per heavy atom. The second kappa shape index (κ2) is 44.5. The van der Waals surface area contributed by atoms with E-state index in [4.69, 9.17) is 85.3 Å². The van der Waals surface area contributed by atoms with E-state index in [1.165, 1.54) is 13.8 Å². The number of ether oxygens (including phenoxy) is 18. The number of carbonyl (C=O) groups excluding carboxylic acids is 4. The highest BCUT2D eigenvalue weighted by Gasteiger charge is 2.74. The van der Waals surface area contributed by atoms with Gasteiger partial charge in [0.2, 0.25) is 6.29 Å². The van der Waals surface area contributed by atoms with Gasteiger partial charge in [-0.1, -0.05) is 93.7 Å². The van der Waals surface area contributed by atoms with Crippen molar-refractivity contribution in [3.8, 4) is 0 Å². The summed E-state index contributed by atoms with van der Waals surface area (Å²) >= 11 is 0. The van der Waals surface area contributed by atoms with Crippen LogP contribution in [0.25, 0.3) is 0 Å². The molecule has 8 saturated heterocycles. The van der Waals surface area contributed by atoms with E-state index in [0.717, 1.165) is 11.9 Å². The lowest BCUT2D eigenvalue weighted by molar-refractivity contribution is -0.391. The first kappa shape index (κ1) is 111. The highest BCUT2D eigenvalue weighted by molar-refractivity contribution is 5.80. The molecule has 138 heavy (non-hydrogen) atoms. The van der Waals surface area contributed by atoms with Crippen LogP contribution in [0.1, 0.15) is 179 Å². The number of aliphatic carboxylic acids is 1. The Bertz CT molecular complexity index is 4080. The zero-order valence-corrected chi connectivity index (χ0v) is 79.6. The molecule has 0 aromatic carbocycles. The van der Waals surface area contributed by atoms with E-state index in [1.807, 2.05) is 20.8 Å². The number of carboxylic acid groups (broad SMARTS) is 1. The zero-order chi connectivity index (χ0) is 101. The molecule has 8 aliphatic heterocycles. The van der Waals surface area contributed by atoms with Crippen LogP contribution < -0.4 is 0 Å². The number of hydrogen-bond acceptors (Lipinski definition) is 45. The first-order chi connectivity index (χ1) is 64.8. The number of rotatable bonds is 34. The SMILES string of the molecule is CC[C@H](C)[C@H](C[C@H](O)CC(=O)O[C@H]1C(O)C(O[C@@H]2OC(C)[C@H](O[C@H]3OCC(O)[C@H](O[C@H]4OCC(O)[C@H](O)C4O)C3O)C(O)[C@@H]2O)[C@H](OC(=O)[C@]23CCC(C)(C)CC2C2=CCC4[C@@]5(C)CC[C@H](O[C@@H]6OC(C(=O)O)[C@H](O)C(O[C@@H]7OC[C@@H](O)C(O)C7O)C6O[C@@H]6OC(CO)[C@H](O)C(O)C6O)[C@@](C)(C=O)C5CC[C@@]4(C)[C@]2(C)C[C@H]3O)O[C@H]1C)OC(=O)C[C@@H](O)C[C@H](O[C@@H]1O[C@@H](CO)C(O)C1O)[C@@H](C)CC. The lowest BCUT2D eigenvalue weighted by atomic mass is 9.33. The number of hydrogen-bond donors (Lipinski definition) is 23. The smallest absolute Gasteiger partial charge is 0.335 e. The molecule has 46 heteroatoms. The maximum absolute atomic E-state index is 16.4. The summed E-state index contributed by atoms with van der Waals surface area (Å²) in [6, 6.07) is 0. The van der Waals surface area contributed by atoms with Crippen molar-refractivity contribution >= 4 is 30.2 Å². The normalized spacial score (nSPS) is 48.8. The Labute approximate surface area is 797 Å². The topological polar surface area (TPSA) is 717 Å². The first-order valence-electron chi connectivity index (χ1n) is 48.4. The molecule has 12 fully saturated rings. The fraction of sp³-hybridized carbons (Fsp3) is 0.924. The minimum atomic E-state index is -2.27. The molecule has 8 heterocycles. The summed E-state index contributed by atoms with van der Waals surface area (Å²) in [6.45, 7) is 18.6. The number of carbonyl (C=O) groups is 5. The number of esters is 3. The van der Waals surface area contributed by atoms with Gasteiger partial charge in [-0.2, -0.15) is 0 Å². The molecular weight excluding hydrogens is 1840 g/mol. The summed E-state index contributed by atoms with van der Waals surface area (Å²) in [6.07, 6.45) is -69.7. The molecule has 0 aromatic rings. The van der Waals surface area contributed by atoms with Gasteiger partial charge in [-0.05, 0) is 123 Å². The zero-order valence-electron chi connectivity index (χ0n) is 79.6. The minimum absolute atomic E-state index is 0.0129. The Morgan fingerprint density at radius 3 is 1.58 bits per heavy atom. The maximum Gasteiger partial charge on any atom is 0.335 e. The standard InChI is InChI=1S/C92H148O46/c1-13-35(3)46(126-54(102)25-40(97)24-47(36(4)14-2)127-82-64(112)59(107)49(30-94)128-82)23-39(96)26-55(103)131-71-38(6)125-84(75(67(71)115)136-81-66(114)61(109)70(37(5)124-81)132-80-69(117)72(45(100)33-123-80)133-78-62(110)56(104)43(98)31-121-78)138-86(120)92-22-21-87(7,8)27-42(92)41-15-16-51-88(9)19-18-53(89(10,34-95)50(88)17-20-90(51,11)91(41,12)28-52(92)101)130-85-76(137-83-65(113)60(108)58(106)48(29-93)129-83)73(68(116)74(135-85)77(118)119)134-79-63(111)57(105)44(99)32-122-79/h15,34-40,42-53,56-76,78-85,93-94,96-101,104-117H,13-14,16-33H2,1-12H3,(H,118,119)/t35-,36-,37?,38-,39-,40-,42?,43?,44+,45?,46-,47-,48?,49-,50?,51?,52+,53-,56-,57?,58-,59?,60?,61?,62?,63?,64?,65?,66-,67?,68+,69?,70-,71+,72-,73?,74?,75?,76?,78+,79-,80+,81-,82+,83-,84-,85+,88-,89-,90+,91+,92+/m0/s1. The lowest BCUT2D eigenvalue weighted by Gasteiger charge is -2.71. The van der Waals surface area contributed by atoms with Gasteiger partial charge >= 0.3 is 23.9 Å². The van der Waals surface area contributed by atoms with E-state index in [0.29, 0.717) is 51.4 Å². The third-order valence-electron chi connectivity index (χ3n) is 33.2. The van der Waals surface area contributed by atoms with Crippen LogP contribution in [-0.2, 0) is 109 Å². The molecule has 0 spiro atoms. The van der Waals surface area contributed by atoms with Crippen molar-refractivity contribution in [2.75, 3.05) is 33.0 Å². The molecule has 792 valence electrons. The molecule has 13 rings (SSSR count). The van der Waals surface area contributed by atoms with Gasteiger partial charge in [-0.25, -0.2) is 4.79 Å². The lowest BCUT2D eigenvalue weighted by Crippen LogP contribution is -2.69. The van der Waals surface area contributed by atoms with Crippen LogP contribution in [0.4, 0.5) is 0 Å². The van der Waals surface area contributed by atoms with Gasteiger partial charge in [0.25, 0.3) is 0 Å². The summed E-state index contributed by atoms with van der Waals surface area (Å²) in [4.78, 5) is 72.1. The third-order valence-corrected chi connectivity index (χ3v) is 33.2. The van der Waals surface area contributed by atoms with Gasteiger partial charge < -0.3 is 208 Å². The van der Waals surface area contributed by atoms with Crippen LogP contribution in [0.3, 0.4) is 0 Å². The average molecular weight is 1990 g/mol. The van der Waals surface area contributed by atoms with E-state index in [9.17, 15) is 137 Å². The molecule has 5 aliphatic carbocycles. The molecule has 13 aliphatic rings. The molecule has 46 nitrogen and oxygen atoms in total. The fourth-order valence-corrected chi connectivity index (χ4v) is 24.1. The second-order valence-electron chi connectivity index (χ2n) is 42.5. The van der Waals surface area contributed by atoms with Crippen LogP contribution in [0.2, 0.25) is 0 Å². The molecule has 4 saturated carbocycles. The summed E-state index contributed by atoms with van der Waals surface area (Å²) in [5.41, 5.74) is -5.53. The average Bonchev–Trinajstić information content (AvgIpc) is 0.699. The van der Waals surface area contributed by atoms with E-state index in [-0.39, 0.29) is 43.9 Å². The quantitative estimate of drug-likeness (QED) is 0.00939. The molecule has 0 radical (unpaired) electrons. The van der Waals surface area contributed by atoms with Crippen LogP contribution >= 0.6 is 0 Å². The molecule has 0 aromatic heterocycles. The summed E-state index contributed by atoms with van der Waals surface area (Å²) in [7, 11) is 0. The van der Waals surface area contributed by atoms with E-state index >= 15 is 4.79 Å². The summed E-state index contributed by atoms with van der Waals surface area (Å²) < 4.78 is 108. The van der Waals surface area contributed by atoms with E-state index in [2.05, 4.69) is 26.8 Å². The van der Waals surface area contributed by atoms with Crippen molar-refractivity contribution in [1.29, 1.82) is 0 Å². The van der Waals surface area contributed by atoms with Crippen LogP contribution in [0, 0.1) is 62.1 Å². The van der Waals surface area contributed by atoms with Crippen molar-refractivity contribution in [3.63, 3.8) is 0 Å². The molecule has 23 N–H and O–H groups in total. The number of aliphatic hydroxyl groups excluding tert-OH is 22. The minimum Gasteiger partial charge on any atom is -0.479 e. The number of aliphatic hydroxyl groups is 22. The van der Waals surface area contributed by atoms with Crippen LogP contribution in [0.5, 0.6) is 0 Å². The largest absolute Gasteiger partial charge is 0.479 e. The van der Waals surface area contributed by atoms with Gasteiger partial charge in [0, 0.05) is 12.8 Å². The second-order valence-corrected chi connectivity index (χ2v) is 42.5. The summed E-state index contributed by atoms with van der Waals surface area (Å²) in [5.74, 6) is -7.25. The van der Waals surface area contributed by atoms with Gasteiger partial charge in [-0.3, -0.25) is 14.4 Å². The Hall–Kier alpha value is -4.19. The van der Waals surface area contributed by atoms with Crippen molar-refractivity contribution in [1.82, 2.24) is 0 Å². The molecule has 0 amide bonds. The molecule has 52 atom stereocenters. The van der Waals surface area contributed by atoms with Crippen molar-refractivity contribution in [2.24, 2.45) is 62.1 Å². The maximum atomic E-state index is 16.4. The van der Waals surface area contributed by atoms with Gasteiger partial charge in [0.05, 0.1) is 94.0 Å². The number of allylic oxidation sites excluding steroid dienone is 2. The fourth-order valence-electron chi connectivity index (χ4n) is 24.1. The van der Waals surface area contributed by atoms with Gasteiger partial charge in [0.15, 0.2) is 62.3 Å². The molecule has 21 unspecified atom stereocenters. The third kappa shape index (κ3) is 21.6. The number of aldehydes is 1. The Morgan fingerprint density at radius 2 is 0.978 bits per heavy atom. The molecule has 0 bridgehead atoms. The summed E-state index contributed by atoms with van der Waals surface area (Å²) in [5, 5.41) is 256. The van der Waals surface area contributed by atoms with Crippen LogP contribution in [-0.4, -0.2) is 439 Å². The van der Waals surface area contributed by atoms with Crippen molar-refractivity contribution in [3.05, 3.63) is 11.6 Å². The molecular formula is C92H148O46. The van der Waals surface area contributed by atoms with Crippen LogP contribution in [0.15, 0.2) is 11.6 Å². The monoisotopic (exact) mass is 1990 g/mol. The number of fused-ring (bicyclic) bond motifs is 7. The van der Waals surface area contributed by atoms with Gasteiger partial charge in [0.1, 0.15) is 158 Å². The van der Waals surface area contributed by atoms with E-state index < -0.39 is 378 Å². The highest BCUT2D eigenvalue weighted by atomic mass is 16.8.